The second-order valence-corrected chi connectivity index (χ2v) is 6.43. The molecule has 0 saturated heterocycles. The molecule has 0 radical (unpaired) electrons. The Balaban J connectivity index is 2.06. The number of methoxy groups -OCH3 is 2. The van der Waals surface area contributed by atoms with Gasteiger partial charge in [-0.15, -0.1) is 0 Å². The third-order valence-electron chi connectivity index (χ3n) is 3.29. The molecule has 2 rings (SSSR count). The molecule has 0 spiro atoms. The molecule has 7 heteroatoms. The summed E-state index contributed by atoms with van der Waals surface area (Å²) in [5, 5.41) is 3.17. The van der Waals surface area contributed by atoms with Crippen LogP contribution in [0.3, 0.4) is 0 Å². The first kappa shape index (κ1) is 15.2. The Bertz CT molecular complexity index is 559. The second-order valence-electron chi connectivity index (χ2n) is 4.66. The highest BCUT2D eigenvalue weighted by Gasteiger charge is 2.19. The molecule has 1 heterocycles. The first-order valence-corrected chi connectivity index (χ1v) is 7.93. The lowest BCUT2D eigenvalue weighted by Gasteiger charge is -2.15. The van der Waals surface area contributed by atoms with Gasteiger partial charge in [0, 0.05) is 33.0 Å². The van der Waals surface area contributed by atoms with Gasteiger partial charge in [0.1, 0.15) is 0 Å². The van der Waals surface area contributed by atoms with Gasteiger partial charge in [-0.25, -0.2) is 13.1 Å². The van der Waals surface area contributed by atoms with Crippen molar-refractivity contribution in [2.24, 2.45) is 0 Å². The Kier molecular flexibility index (Phi) is 4.98. The topological polar surface area (TPSA) is 76.7 Å². The molecule has 20 heavy (non-hydrogen) atoms. The van der Waals surface area contributed by atoms with E-state index in [4.69, 9.17) is 9.47 Å². The fraction of sp³-hybridized carbons (Fsp3) is 0.538. The van der Waals surface area contributed by atoms with Crippen LogP contribution >= 0.6 is 0 Å². The van der Waals surface area contributed by atoms with Gasteiger partial charge in [0.25, 0.3) is 0 Å². The van der Waals surface area contributed by atoms with E-state index >= 15 is 0 Å². The number of sulfonamides is 1. The van der Waals surface area contributed by atoms with Gasteiger partial charge < -0.3 is 14.8 Å². The molecule has 1 aromatic rings. The number of hydrogen-bond acceptors (Lipinski definition) is 5. The van der Waals surface area contributed by atoms with Gasteiger partial charge in [0.15, 0.2) is 0 Å². The summed E-state index contributed by atoms with van der Waals surface area (Å²) in [6.07, 6.45) is 0.630. The van der Waals surface area contributed by atoms with Crippen LogP contribution in [0.25, 0.3) is 0 Å². The monoisotopic (exact) mass is 300 g/mol. The van der Waals surface area contributed by atoms with Crippen molar-refractivity contribution in [1.29, 1.82) is 0 Å². The van der Waals surface area contributed by atoms with Crippen LogP contribution in [0.2, 0.25) is 0 Å². The van der Waals surface area contributed by atoms with Gasteiger partial charge in [-0.3, -0.25) is 0 Å². The van der Waals surface area contributed by atoms with Gasteiger partial charge in [0.2, 0.25) is 10.0 Å². The Morgan fingerprint density at radius 1 is 1.40 bits per heavy atom. The average molecular weight is 300 g/mol. The fourth-order valence-corrected chi connectivity index (χ4v) is 3.21. The number of rotatable bonds is 7. The first-order chi connectivity index (χ1) is 9.56. The lowest BCUT2D eigenvalue weighted by atomic mass is 10.2. The molecule has 0 aromatic heterocycles. The van der Waals surface area contributed by atoms with Crippen LogP contribution in [-0.2, 0) is 25.9 Å². The van der Waals surface area contributed by atoms with Crippen molar-refractivity contribution in [3.8, 4) is 0 Å². The number of fused-ring (bicyclic) bond motifs is 1. The number of hydrogen-bond donors (Lipinski definition) is 2. The summed E-state index contributed by atoms with van der Waals surface area (Å²) in [5.41, 5.74) is 2.05. The van der Waals surface area contributed by atoms with Crippen LogP contribution in [-0.4, -0.2) is 48.4 Å². The maximum atomic E-state index is 12.2. The third-order valence-corrected chi connectivity index (χ3v) is 4.71. The van der Waals surface area contributed by atoms with Crippen LogP contribution in [0.5, 0.6) is 0 Å². The van der Waals surface area contributed by atoms with Crippen LogP contribution in [0.15, 0.2) is 23.1 Å². The zero-order valence-corrected chi connectivity index (χ0v) is 12.5. The Hall–Kier alpha value is -1.15. The number of benzene rings is 1. The largest absolute Gasteiger partial charge is 0.384 e. The summed E-state index contributed by atoms with van der Waals surface area (Å²) in [5.74, 6) is 0. The van der Waals surface area contributed by atoms with Crippen molar-refractivity contribution in [2.45, 2.75) is 17.4 Å². The highest BCUT2D eigenvalue weighted by Crippen LogP contribution is 2.25. The molecule has 1 unspecified atom stereocenters. The average Bonchev–Trinajstić information content (AvgIpc) is 2.90. The van der Waals surface area contributed by atoms with E-state index < -0.39 is 10.0 Å². The van der Waals surface area contributed by atoms with Crippen molar-refractivity contribution in [3.05, 3.63) is 23.8 Å². The Labute approximate surface area is 119 Å². The van der Waals surface area contributed by atoms with E-state index in [-0.39, 0.29) is 17.5 Å². The summed E-state index contributed by atoms with van der Waals surface area (Å²) in [7, 11) is -0.457. The summed E-state index contributed by atoms with van der Waals surface area (Å²) >= 11 is 0. The first-order valence-electron chi connectivity index (χ1n) is 6.45. The molecular formula is C13H20N2O4S. The van der Waals surface area contributed by atoms with E-state index in [1.807, 2.05) is 6.07 Å². The van der Waals surface area contributed by atoms with Gasteiger partial charge >= 0.3 is 0 Å². The Morgan fingerprint density at radius 3 is 2.90 bits per heavy atom. The number of nitrogens with one attached hydrogen (secondary N) is 2. The minimum Gasteiger partial charge on any atom is -0.384 e. The minimum absolute atomic E-state index is 0.178. The van der Waals surface area contributed by atoms with E-state index in [1.165, 1.54) is 7.11 Å². The molecule has 1 aliphatic rings. The molecule has 0 bridgehead atoms. The summed E-state index contributed by atoms with van der Waals surface area (Å²) in [4.78, 5) is 0.262. The smallest absolute Gasteiger partial charge is 0.240 e. The standard InChI is InChI=1S/C13H20N2O4S/c1-18-9-11(19-2)8-15-20(16,17)12-4-3-10-5-6-14-13(10)7-12/h3-4,7,11,14-15H,5-6,8-9H2,1-2H3. The normalized spacial score (nSPS) is 15.7. The highest BCUT2D eigenvalue weighted by molar-refractivity contribution is 7.89. The van der Waals surface area contributed by atoms with Crippen molar-refractivity contribution in [1.82, 2.24) is 4.72 Å². The molecule has 1 aromatic carbocycles. The zero-order chi connectivity index (χ0) is 14.6. The predicted octanol–water partition coefficient (Wildman–Crippen LogP) is 0.594. The number of ether oxygens (including phenoxy) is 2. The van der Waals surface area contributed by atoms with Gasteiger partial charge in [0.05, 0.1) is 17.6 Å². The lowest BCUT2D eigenvalue weighted by Crippen LogP contribution is -2.35. The van der Waals surface area contributed by atoms with E-state index in [2.05, 4.69) is 10.0 Å². The molecule has 0 saturated carbocycles. The maximum Gasteiger partial charge on any atom is 0.240 e. The van der Waals surface area contributed by atoms with Gasteiger partial charge in [-0.2, -0.15) is 0 Å². The van der Waals surface area contributed by atoms with Crippen molar-refractivity contribution in [2.75, 3.05) is 39.2 Å². The minimum atomic E-state index is -3.53. The van der Waals surface area contributed by atoms with Crippen LogP contribution < -0.4 is 10.0 Å². The van der Waals surface area contributed by atoms with Crippen molar-refractivity contribution < 1.29 is 17.9 Å². The van der Waals surface area contributed by atoms with E-state index in [0.29, 0.717) is 6.61 Å². The predicted molar refractivity (Wildman–Crippen MR) is 76.5 cm³/mol. The van der Waals surface area contributed by atoms with Crippen LogP contribution in [0, 0.1) is 0 Å². The van der Waals surface area contributed by atoms with E-state index in [0.717, 1.165) is 24.2 Å². The van der Waals surface area contributed by atoms with Crippen LogP contribution in [0.4, 0.5) is 5.69 Å². The molecule has 6 nitrogen and oxygen atoms in total. The molecule has 112 valence electrons. The lowest BCUT2D eigenvalue weighted by molar-refractivity contribution is 0.0320. The summed E-state index contributed by atoms with van der Waals surface area (Å²) in [6.45, 7) is 1.37. The molecule has 0 aliphatic carbocycles. The van der Waals surface area contributed by atoms with Crippen LogP contribution in [0.1, 0.15) is 5.56 Å². The molecular weight excluding hydrogens is 280 g/mol. The summed E-state index contributed by atoms with van der Waals surface area (Å²) < 4.78 is 37.1. The Morgan fingerprint density at radius 2 is 2.20 bits per heavy atom. The van der Waals surface area contributed by atoms with Gasteiger partial charge in [-0.05, 0) is 24.1 Å². The molecule has 0 fully saturated rings. The molecule has 1 atom stereocenters. The molecule has 2 N–H and O–H groups in total. The van der Waals surface area contributed by atoms with E-state index in [1.54, 1.807) is 19.2 Å². The third kappa shape index (κ3) is 3.49. The van der Waals surface area contributed by atoms with Crippen molar-refractivity contribution in [3.63, 3.8) is 0 Å². The second kappa shape index (κ2) is 6.53. The molecule has 0 amide bonds. The number of anilines is 1. The zero-order valence-electron chi connectivity index (χ0n) is 11.7. The molecule has 1 aliphatic heterocycles. The fourth-order valence-electron chi connectivity index (χ4n) is 2.12. The quantitative estimate of drug-likeness (QED) is 0.771. The highest BCUT2D eigenvalue weighted by atomic mass is 32.2. The SMILES string of the molecule is COCC(CNS(=O)(=O)c1ccc2c(c1)NCC2)OC. The van der Waals surface area contributed by atoms with E-state index in [9.17, 15) is 8.42 Å². The van der Waals surface area contributed by atoms with Gasteiger partial charge in [-0.1, -0.05) is 6.07 Å². The van der Waals surface area contributed by atoms with Crippen molar-refractivity contribution >= 4 is 15.7 Å². The maximum absolute atomic E-state index is 12.2. The summed E-state index contributed by atoms with van der Waals surface area (Å²) in [6, 6.07) is 5.15.